The topological polar surface area (TPSA) is 146 Å². The lowest BCUT2D eigenvalue weighted by molar-refractivity contribution is -0.187. The van der Waals surface area contributed by atoms with Gasteiger partial charge in [0.1, 0.15) is 18.0 Å². The van der Waals surface area contributed by atoms with Gasteiger partial charge >= 0.3 is 13.9 Å². The van der Waals surface area contributed by atoms with Crippen LogP contribution in [0.25, 0.3) is 10.8 Å². The molecular weight excluding hydrogens is 707 g/mol. The largest absolute Gasteiger partial charge is 0.524 e. The SMILES string of the molecule is C.CCN(CC)CC.CN1CC(=O)N2[C@@H](Cc3ccc(OP(=O)(O)O)cc3)C(=O)N(Cc3cccc4ccccc34)C[C@@H]2N1C(=O)NCc1ccccc1. The van der Waals surface area contributed by atoms with Crippen LogP contribution in [0.2, 0.25) is 0 Å². The number of amides is 4. The van der Waals surface area contributed by atoms with E-state index in [-0.39, 0.29) is 57.6 Å². The molecule has 4 aromatic carbocycles. The average molecular weight is 761 g/mol. The maximum absolute atomic E-state index is 14.3. The molecule has 0 saturated carbocycles. The number of phosphoric ester groups is 1. The maximum atomic E-state index is 14.3. The summed E-state index contributed by atoms with van der Waals surface area (Å²) in [6.07, 6.45) is -0.663. The number of nitrogens with zero attached hydrogens (tertiary/aromatic N) is 5. The first-order valence-corrected chi connectivity index (χ1v) is 19.4. The summed E-state index contributed by atoms with van der Waals surface area (Å²) < 4.78 is 15.9. The Morgan fingerprint density at radius 2 is 1.50 bits per heavy atom. The third-order valence-corrected chi connectivity index (χ3v) is 10.0. The van der Waals surface area contributed by atoms with Crippen LogP contribution in [0.5, 0.6) is 5.75 Å². The highest BCUT2D eigenvalue weighted by molar-refractivity contribution is 7.46. The van der Waals surface area contributed by atoms with Crippen LogP contribution in [0.15, 0.2) is 97.1 Å². The van der Waals surface area contributed by atoms with E-state index < -0.39 is 26.1 Å². The quantitative estimate of drug-likeness (QED) is 0.169. The van der Waals surface area contributed by atoms with Crippen LogP contribution in [0.1, 0.15) is 44.9 Å². The smallest absolute Gasteiger partial charge is 0.404 e. The zero-order chi connectivity index (χ0) is 38.1. The lowest BCUT2D eigenvalue weighted by Gasteiger charge is -2.54. The molecule has 4 amide bonds. The molecule has 13 nitrogen and oxygen atoms in total. The fraction of sp³-hybridized carbons (Fsp3) is 0.375. The Bertz CT molecular complexity index is 1890. The van der Waals surface area contributed by atoms with Gasteiger partial charge in [0.2, 0.25) is 11.8 Å². The molecule has 2 atom stereocenters. The molecule has 54 heavy (non-hydrogen) atoms. The zero-order valence-corrected chi connectivity index (χ0v) is 31.6. The van der Waals surface area contributed by atoms with Crippen LogP contribution in [0.4, 0.5) is 4.79 Å². The Hall–Kier alpha value is -4.78. The number of benzene rings is 4. The van der Waals surface area contributed by atoms with Crippen LogP contribution >= 0.6 is 7.82 Å². The second kappa shape index (κ2) is 19.0. The van der Waals surface area contributed by atoms with Gasteiger partial charge in [-0.3, -0.25) is 19.4 Å². The minimum Gasteiger partial charge on any atom is -0.404 e. The van der Waals surface area contributed by atoms with Crippen LogP contribution in [0, 0.1) is 0 Å². The number of carbonyl (C=O) groups excluding carboxylic acids is 3. The van der Waals surface area contributed by atoms with E-state index in [4.69, 9.17) is 9.79 Å². The maximum Gasteiger partial charge on any atom is 0.524 e. The van der Waals surface area contributed by atoms with E-state index in [1.165, 1.54) is 41.7 Å². The molecule has 6 rings (SSSR count). The van der Waals surface area contributed by atoms with E-state index in [9.17, 15) is 18.9 Å². The number of hydrogen-bond donors (Lipinski definition) is 3. The van der Waals surface area contributed by atoms with Crippen LogP contribution in [-0.2, 0) is 33.7 Å². The van der Waals surface area contributed by atoms with Gasteiger partial charge in [-0.05, 0) is 59.2 Å². The van der Waals surface area contributed by atoms with Gasteiger partial charge < -0.3 is 24.5 Å². The summed E-state index contributed by atoms with van der Waals surface area (Å²) in [6.45, 7) is 10.7. The molecule has 0 unspecified atom stereocenters. The van der Waals surface area contributed by atoms with E-state index >= 15 is 0 Å². The third-order valence-electron chi connectivity index (χ3n) is 9.59. The number of likely N-dealkylation sites (N-methyl/N-ethyl adjacent to an activating group) is 1. The van der Waals surface area contributed by atoms with E-state index in [0.717, 1.165) is 21.9 Å². The summed E-state index contributed by atoms with van der Waals surface area (Å²) in [4.78, 5) is 65.5. The van der Waals surface area contributed by atoms with Crippen LogP contribution in [-0.4, -0.2) is 104 Å². The lowest BCUT2D eigenvalue weighted by Crippen LogP contribution is -2.76. The fourth-order valence-electron chi connectivity index (χ4n) is 6.86. The standard InChI is InChI=1S/C33H34N5O7P.C6H15N.CH4/c1-35-22-31(39)37-29(18-23-14-16-27(17-15-23)45-46(42,43)44)32(40)36(20-26-12-7-11-25-10-5-6-13-28(25)26)21-30(37)38(35)33(41)34-19-24-8-3-2-4-9-24;1-4-7(5-2)6-3;/h2-17,29-30H,18-22H2,1H3,(H,34,41)(H2,42,43,44);4-6H2,1-3H3;1H4/t29-,30-;;/m0../s1. The molecule has 2 aliphatic rings. The van der Waals surface area contributed by atoms with E-state index in [1.807, 2.05) is 72.8 Å². The molecule has 2 aliphatic heterocycles. The molecule has 0 bridgehead atoms. The highest BCUT2D eigenvalue weighted by Gasteiger charge is 2.50. The molecule has 0 aliphatic carbocycles. The molecule has 2 saturated heterocycles. The van der Waals surface area contributed by atoms with E-state index in [2.05, 4.69) is 35.5 Å². The van der Waals surface area contributed by atoms with Crippen molar-refractivity contribution in [1.82, 2.24) is 30.0 Å². The summed E-state index contributed by atoms with van der Waals surface area (Å²) in [6, 6.07) is 28.0. The second-order valence-electron chi connectivity index (χ2n) is 13.0. The van der Waals surface area contributed by atoms with Gasteiger partial charge in [0, 0.05) is 26.6 Å². The summed E-state index contributed by atoms with van der Waals surface area (Å²) in [5, 5.41) is 8.10. The zero-order valence-electron chi connectivity index (χ0n) is 30.7. The minimum absolute atomic E-state index is 0. The first-order chi connectivity index (χ1) is 25.4. The number of rotatable bonds is 11. The summed E-state index contributed by atoms with van der Waals surface area (Å²) in [5.41, 5.74) is 2.51. The molecule has 290 valence electrons. The Morgan fingerprint density at radius 1 is 0.870 bits per heavy atom. The van der Waals surface area contributed by atoms with Crippen molar-refractivity contribution in [1.29, 1.82) is 0 Å². The van der Waals surface area contributed by atoms with Crippen molar-refractivity contribution in [2.45, 2.75) is 59.9 Å². The van der Waals surface area contributed by atoms with E-state index in [1.54, 1.807) is 29.1 Å². The monoisotopic (exact) mass is 760 g/mol. The third kappa shape index (κ3) is 10.5. The average Bonchev–Trinajstić information content (AvgIpc) is 3.14. The van der Waals surface area contributed by atoms with Gasteiger partial charge in [0.05, 0.1) is 13.1 Å². The lowest BCUT2D eigenvalue weighted by atomic mass is 9.97. The van der Waals surface area contributed by atoms with E-state index in [0.29, 0.717) is 5.56 Å². The highest BCUT2D eigenvalue weighted by atomic mass is 31.2. The molecule has 2 fully saturated rings. The molecule has 3 N–H and O–H groups in total. The molecule has 0 aromatic heterocycles. The van der Waals surface area contributed by atoms with Crippen LogP contribution in [0.3, 0.4) is 0 Å². The Balaban J connectivity index is 0.000000741. The van der Waals surface area contributed by atoms with Crippen LogP contribution < -0.4 is 9.84 Å². The van der Waals surface area contributed by atoms with Crippen molar-refractivity contribution in [2.75, 3.05) is 39.8 Å². The van der Waals surface area contributed by atoms with Gasteiger partial charge in [-0.1, -0.05) is 113 Å². The molecule has 2 heterocycles. The number of fused-ring (bicyclic) bond motifs is 2. The highest BCUT2D eigenvalue weighted by Crippen LogP contribution is 2.37. The second-order valence-corrected chi connectivity index (χ2v) is 14.2. The van der Waals surface area contributed by atoms with Crippen molar-refractivity contribution in [3.63, 3.8) is 0 Å². The van der Waals surface area contributed by atoms with Gasteiger partial charge in [-0.25, -0.2) is 19.4 Å². The van der Waals surface area contributed by atoms with Gasteiger partial charge in [0.15, 0.2) is 0 Å². The first-order valence-electron chi connectivity index (χ1n) is 17.9. The summed E-state index contributed by atoms with van der Waals surface area (Å²) in [7, 11) is -3.07. The Morgan fingerprint density at radius 3 is 2.13 bits per heavy atom. The van der Waals surface area contributed by atoms with Gasteiger partial charge in [0.25, 0.3) is 0 Å². The number of hydrogen-bond acceptors (Lipinski definition) is 7. The minimum atomic E-state index is -4.74. The normalized spacial score (nSPS) is 17.4. The number of piperazine rings is 1. The predicted molar refractivity (Wildman–Crippen MR) is 210 cm³/mol. The fourth-order valence-corrected chi connectivity index (χ4v) is 7.25. The van der Waals surface area contributed by atoms with Crippen molar-refractivity contribution in [3.8, 4) is 5.75 Å². The molecule has 14 heteroatoms. The number of phosphoric acid groups is 1. The summed E-state index contributed by atoms with van der Waals surface area (Å²) >= 11 is 0. The predicted octanol–water partition coefficient (Wildman–Crippen LogP) is 5.48. The molecule has 4 aromatic rings. The van der Waals surface area contributed by atoms with Gasteiger partial charge in [-0.15, -0.1) is 0 Å². The Labute approximate surface area is 318 Å². The number of hydrazine groups is 1. The molecule has 0 radical (unpaired) electrons. The number of urea groups is 1. The van der Waals surface area contributed by atoms with Crippen molar-refractivity contribution in [3.05, 3.63) is 114 Å². The molecular formula is C40H53N6O7P. The summed E-state index contributed by atoms with van der Waals surface area (Å²) in [5.74, 6) is -0.578. The number of nitrogens with one attached hydrogen (secondary N) is 1. The Kier molecular flexibility index (Phi) is 14.8. The molecule has 0 spiro atoms. The van der Waals surface area contributed by atoms with Crippen molar-refractivity contribution >= 4 is 36.4 Å². The van der Waals surface area contributed by atoms with Crippen molar-refractivity contribution < 1.29 is 33.3 Å². The number of carbonyl (C=O) groups is 3. The van der Waals surface area contributed by atoms with Crippen molar-refractivity contribution in [2.24, 2.45) is 0 Å². The van der Waals surface area contributed by atoms with Gasteiger partial charge in [-0.2, -0.15) is 0 Å². The first kappa shape index (κ1) is 42.0.